The number of benzene rings is 2. The third-order valence-corrected chi connectivity index (χ3v) is 5.63. The maximum atomic E-state index is 13.3. The molecule has 3 aromatic rings. The second-order valence-electron chi connectivity index (χ2n) is 6.80. The molecule has 0 aliphatic heterocycles. The number of carbonyl (C=O) groups is 2. The van der Waals surface area contributed by atoms with Crippen molar-refractivity contribution in [2.24, 2.45) is 0 Å². The van der Waals surface area contributed by atoms with Crippen LogP contribution in [0.3, 0.4) is 0 Å². The van der Waals surface area contributed by atoms with Crippen molar-refractivity contribution in [3.05, 3.63) is 77.3 Å². The lowest BCUT2D eigenvalue weighted by atomic mass is 10.2. The molecular formula is C23H22ClFN4O4S. The van der Waals surface area contributed by atoms with Crippen LogP contribution < -0.4 is 10.1 Å². The van der Waals surface area contributed by atoms with Gasteiger partial charge < -0.3 is 14.8 Å². The first kappa shape index (κ1) is 25.3. The summed E-state index contributed by atoms with van der Waals surface area (Å²) in [6.07, 6.45) is 1.68. The van der Waals surface area contributed by atoms with Crippen LogP contribution in [0.4, 0.5) is 10.1 Å². The number of esters is 1. The Hall–Kier alpha value is -3.37. The quantitative estimate of drug-likeness (QED) is 0.229. The Bertz CT molecular complexity index is 1170. The molecule has 3 rings (SSSR count). The number of halogens is 2. The molecule has 0 unspecified atom stereocenters. The number of aromatic nitrogens is 3. The second-order valence-corrected chi connectivity index (χ2v) is 8.15. The number of allylic oxidation sites excluding steroid dienone is 1. The van der Waals surface area contributed by atoms with Crippen LogP contribution in [0.5, 0.6) is 5.75 Å². The largest absolute Gasteiger partial charge is 0.486 e. The molecule has 34 heavy (non-hydrogen) atoms. The Morgan fingerprint density at radius 1 is 1.24 bits per heavy atom. The van der Waals surface area contributed by atoms with Crippen LogP contribution in [-0.4, -0.2) is 39.0 Å². The predicted octanol–water partition coefficient (Wildman–Crippen LogP) is 4.74. The molecule has 2 aromatic carbocycles. The van der Waals surface area contributed by atoms with Crippen molar-refractivity contribution in [2.45, 2.75) is 25.2 Å². The zero-order chi connectivity index (χ0) is 24.5. The van der Waals surface area contributed by atoms with Crippen molar-refractivity contribution in [1.29, 1.82) is 0 Å². The molecule has 0 atom stereocenters. The first-order valence-corrected chi connectivity index (χ1v) is 11.6. The minimum Gasteiger partial charge on any atom is -0.486 e. The molecule has 8 nitrogen and oxygen atoms in total. The van der Waals surface area contributed by atoms with E-state index in [0.717, 1.165) is 0 Å². The summed E-state index contributed by atoms with van der Waals surface area (Å²) in [6.45, 7) is 6.25. The van der Waals surface area contributed by atoms with E-state index in [1.807, 2.05) is 0 Å². The number of nitrogens with one attached hydrogen (secondary N) is 1. The number of thioether (sulfide) groups is 1. The van der Waals surface area contributed by atoms with E-state index in [0.29, 0.717) is 41.1 Å². The number of carbonyl (C=O) groups excluding carboxylic acids is 2. The SMILES string of the molecule is C=CCn1c(COc2ccc(F)c(Cl)c2)nnc1SCC(=O)Nc1ccc(C(=O)OCC)cc1. The average Bonchev–Trinajstić information content (AvgIpc) is 3.21. The van der Waals surface area contributed by atoms with Crippen molar-refractivity contribution in [3.8, 4) is 5.75 Å². The summed E-state index contributed by atoms with van der Waals surface area (Å²) in [5, 5.41) is 11.5. The molecule has 0 aliphatic carbocycles. The fourth-order valence-electron chi connectivity index (χ4n) is 2.79. The minimum atomic E-state index is -0.532. The lowest BCUT2D eigenvalue weighted by Gasteiger charge is -2.10. The van der Waals surface area contributed by atoms with E-state index < -0.39 is 11.8 Å². The molecule has 1 N–H and O–H groups in total. The first-order chi connectivity index (χ1) is 16.4. The van der Waals surface area contributed by atoms with Gasteiger partial charge in [0.25, 0.3) is 0 Å². The second kappa shape index (κ2) is 12.2. The van der Waals surface area contributed by atoms with Crippen molar-refractivity contribution in [2.75, 3.05) is 17.7 Å². The van der Waals surface area contributed by atoms with E-state index in [9.17, 15) is 14.0 Å². The van der Waals surface area contributed by atoms with Crippen molar-refractivity contribution in [3.63, 3.8) is 0 Å². The van der Waals surface area contributed by atoms with Gasteiger partial charge >= 0.3 is 5.97 Å². The number of hydrogen-bond donors (Lipinski definition) is 1. The van der Waals surface area contributed by atoms with Crippen LogP contribution in [0.25, 0.3) is 0 Å². The van der Waals surface area contributed by atoms with E-state index in [-0.39, 0.29) is 23.3 Å². The highest BCUT2D eigenvalue weighted by Crippen LogP contribution is 2.23. The van der Waals surface area contributed by atoms with Gasteiger partial charge in [-0.25, -0.2) is 9.18 Å². The topological polar surface area (TPSA) is 95.3 Å². The smallest absolute Gasteiger partial charge is 0.338 e. The molecule has 1 amide bonds. The molecule has 1 aromatic heterocycles. The van der Waals surface area contributed by atoms with Crippen LogP contribution in [-0.2, 0) is 22.7 Å². The van der Waals surface area contributed by atoms with Gasteiger partial charge in [-0.1, -0.05) is 29.4 Å². The van der Waals surface area contributed by atoms with Gasteiger partial charge in [0, 0.05) is 18.3 Å². The van der Waals surface area contributed by atoms with Crippen LogP contribution in [0.1, 0.15) is 23.1 Å². The molecule has 0 fully saturated rings. The van der Waals surface area contributed by atoms with E-state index >= 15 is 0 Å². The summed E-state index contributed by atoms with van der Waals surface area (Å²) >= 11 is 6.99. The zero-order valence-electron chi connectivity index (χ0n) is 18.3. The highest BCUT2D eigenvalue weighted by molar-refractivity contribution is 7.99. The highest BCUT2D eigenvalue weighted by Gasteiger charge is 2.15. The minimum absolute atomic E-state index is 0.0390. The normalized spacial score (nSPS) is 10.6. The molecule has 0 spiro atoms. The van der Waals surface area contributed by atoms with Crippen molar-refractivity contribution < 1.29 is 23.5 Å². The number of rotatable bonds is 11. The van der Waals surface area contributed by atoms with Gasteiger partial charge in [-0.15, -0.1) is 16.8 Å². The van der Waals surface area contributed by atoms with Gasteiger partial charge in [0.15, 0.2) is 11.0 Å². The maximum absolute atomic E-state index is 13.3. The van der Waals surface area contributed by atoms with Gasteiger partial charge in [0.2, 0.25) is 5.91 Å². The van der Waals surface area contributed by atoms with Crippen LogP contribution in [0.15, 0.2) is 60.3 Å². The summed E-state index contributed by atoms with van der Waals surface area (Å²) in [6, 6.07) is 10.5. The number of amides is 1. The highest BCUT2D eigenvalue weighted by atomic mass is 35.5. The predicted molar refractivity (Wildman–Crippen MR) is 128 cm³/mol. The fourth-order valence-corrected chi connectivity index (χ4v) is 3.73. The van der Waals surface area contributed by atoms with E-state index in [1.165, 1.54) is 30.0 Å². The van der Waals surface area contributed by atoms with Crippen LogP contribution in [0.2, 0.25) is 5.02 Å². The Morgan fingerprint density at radius 2 is 2.00 bits per heavy atom. The Balaban J connectivity index is 1.57. The molecular weight excluding hydrogens is 483 g/mol. The van der Waals surface area contributed by atoms with E-state index in [4.69, 9.17) is 21.1 Å². The monoisotopic (exact) mass is 504 g/mol. The maximum Gasteiger partial charge on any atom is 0.338 e. The molecule has 0 saturated heterocycles. The van der Waals surface area contributed by atoms with Gasteiger partial charge in [0.05, 0.1) is 22.9 Å². The first-order valence-electron chi connectivity index (χ1n) is 10.2. The van der Waals surface area contributed by atoms with Gasteiger partial charge in [-0.2, -0.15) is 0 Å². The molecule has 0 aliphatic rings. The van der Waals surface area contributed by atoms with Gasteiger partial charge in [-0.05, 0) is 43.3 Å². The third kappa shape index (κ3) is 6.82. The van der Waals surface area contributed by atoms with E-state index in [2.05, 4.69) is 22.1 Å². The Labute approximate surface area is 205 Å². The standard InChI is InChI=1S/C23H22ClFN4O4S/c1-3-11-29-20(13-33-17-9-10-19(25)18(24)12-17)27-28-23(29)34-14-21(30)26-16-7-5-15(6-8-16)22(31)32-4-2/h3,5-10,12H,1,4,11,13-14H2,2H3,(H,26,30). The molecule has 0 bridgehead atoms. The number of nitrogens with zero attached hydrogens (tertiary/aromatic N) is 3. The average molecular weight is 505 g/mol. The molecule has 0 saturated carbocycles. The van der Waals surface area contributed by atoms with Crippen molar-refractivity contribution >= 4 is 40.9 Å². The van der Waals surface area contributed by atoms with Crippen LogP contribution in [0, 0.1) is 5.82 Å². The van der Waals surface area contributed by atoms with Crippen molar-refractivity contribution in [1.82, 2.24) is 14.8 Å². The summed E-state index contributed by atoms with van der Waals surface area (Å²) < 4.78 is 25.7. The van der Waals surface area contributed by atoms with Crippen LogP contribution >= 0.6 is 23.4 Å². The lowest BCUT2D eigenvalue weighted by Crippen LogP contribution is -2.15. The summed E-state index contributed by atoms with van der Waals surface area (Å²) in [7, 11) is 0. The summed E-state index contributed by atoms with van der Waals surface area (Å²) in [5.41, 5.74) is 0.961. The molecule has 0 radical (unpaired) electrons. The third-order valence-electron chi connectivity index (χ3n) is 4.38. The van der Waals surface area contributed by atoms with E-state index in [1.54, 1.807) is 41.8 Å². The van der Waals surface area contributed by atoms with Gasteiger partial charge in [0.1, 0.15) is 18.2 Å². The Morgan fingerprint density at radius 3 is 2.68 bits per heavy atom. The fraction of sp³-hybridized carbons (Fsp3) is 0.217. The number of hydrogen-bond acceptors (Lipinski definition) is 7. The summed E-state index contributed by atoms with van der Waals surface area (Å²) in [5.74, 6) is -0.208. The summed E-state index contributed by atoms with van der Waals surface area (Å²) in [4.78, 5) is 24.1. The Kier molecular flexibility index (Phi) is 9.06. The number of anilines is 1. The number of ether oxygens (including phenoxy) is 2. The lowest BCUT2D eigenvalue weighted by molar-refractivity contribution is -0.113. The molecule has 178 valence electrons. The zero-order valence-corrected chi connectivity index (χ0v) is 19.9. The molecule has 11 heteroatoms. The van der Waals surface area contributed by atoms with Gasteiger partial charge in [-0.3, -0.25) is 9.36 Å². The molecule has 1 heterocycles.